The van der Waals surface area contributed by atoms with E-state index in [2.05, 4.69) is 4.98 Å². The van der Waals surface area contributed by atoms with Crippen LogP contribution < -0.4 is 0 Å². The van der Waals surface area contributed by atoms with Crippen LogP contribution in [0.1, 0.15) is 5.56 Å². The predicted molar refractivity (Wildman–Crippen MR) is 71.0 cm³/mol. The van der Waals surface area contributed by atoms with Crippen LogP contribution in [0.2, 0.25) is 10.0 Å². The van der Waals surface area contributed by atoms with E-state index in [4.69, 9.17) is 28.3 Å². The molecule has 0 saturated carbocycles. The average molecular weight is 282 g/mol. The number of carboxylic acids is 1. The van der Waals surface area contributed by atoms with Crippen LogP contribution in [0.15, 0.2) is 36.5 Å². The quantitative estimate of drug-likeness (QED) is 0.934. The number of benzene rings is 1. The number of aliphatic carboxylic acids is 1. The topological polar surface area (TPSA) is 50.2 Å². The summed E-state index contributed by atoms with van der Waals surface area (Å²) in [7, 11) is 0. The molecule has 2 rings (SSSR count). The van der Waals surface area contributed by atoms with Gasteiger partial charge in [-0.15, -0.1) is 0 Å². The van der Waals surface area contributed by atoms with E-state index in [9.17, 15) is 4.79 Å². The van der Waals surface area contributed by atoms with Crippen molar-refractivity contribution in [3.8, 4) is 11.3 Å². The highest BCUT2D eigenvalue weighted by atomic mass is 35.5. The van der Waals surface area contributed by atoms with Crippen molar-refractivity contribution in [3.63, 3.8) is 0 Å². The Morgan fingerprint density at radius 2 is 2.00 bits per heavy atom. The van der Waals surface area contributed by atoms with E-state index in [1.54, 1.807) is 36.5 Å². The second-order valence-corrected chi connectivity index (χ2v) is 4.47. The zero-order valence-corrected chi connectivity index (χ0v) is 10.7. The molecule has 18 heavy (non-hydrogen) atoms. The molecule has 1 heterocycles. The average Bonchev–Trinajstić information content (AvgIpc) is 2.33. The van der Waals surface area contributed by atoms with E-state index < -0.39 is 5.97 Å². The molecule has 0 saturated heterocycles. The summed E-state index contributed by atoms with van der Waals surface area (Å²) in [6, 6.07) is 8.60. The minimum absolute atomic E-state index is 0.105. The van der Waals surface area contributed by atoms with Gasteiger partial charge in [0.05, 0.1) is 22.2 Å². The van der Waals surface area contributed by atoms with Crippen LogP contribution in [0, 0.1) is 0 Å². The zero-order valence-electron chi connectivity index (χ0n) is 9.23. The number of halogens is 2. The highest BCUT2D eigenvalue weighted by molar-refractivity contribution is 6.43. The Morgan fingerprint density at radius 1 is 1.22 bits per heavy atom. The molecule has 1 N–H and O–H groups in total. The molecule has 0 atom stereocenters. The van der Waals surface area contributed by atoms with Gasteiger partial charge >= 0.3 is 5.97 Å². The Kier molecular flexibility index (Phi) is 3.84. The molecule has 1 aromatic heterocycles. The fraction of sp³-hybridized carbons (Fsp3) is 0.0769. The minimum Gasteiger partial charge on any atom is -0.481 e. The Labute approximate surface area is 114 Å². The van der Waals surface area contributed by atoms with Crippen LogP contribution in [-0.4, -0.2) is 16.1 Å². The van der Waals surface area contributed by atoms with Crippen LogP contribution in [0.4, 0.5) is 0 Å². The Hall–Kier alpha value is -1.58. The smallest absolute Gasteiger partial charge is 0.307 e. The largest absolute Gasteiger partial charge is 0.481 e. The van der Waals surface area contributed by atoms with Gasteiger partial charge in [-0.2, -0.15) is 0 Å². The highest BCUT2D eigenvalue weighted by Crippen LogP contribution is 2.33. The molecule has 5 heteroatoms. The molecule has 0 aliphatic heterocycles. The molecule has 0 amide bonds. The maximum atomic E-state index is 10.8. The SMILES string of the molecule is O=C(O)Cc1cccnc1-c1cccc(Cl)c1Cl. The van der Waals surface area contributed by atoms with Crippen molar-refractivity contribution in [1.82, 2.24) is 4.98 Å². The van der Waals surface area contributed by atoms with Crippen LogP contribution in [-0.2, 0) is 11.2 Å². The van der Waals surface area contributed by atoms with E-state index in [1.807, 2.05) is 0 Å². The number of pyridine rings is 1. The van der Waals surface area contributed by atoms with Gasteiger partial charge in [0, 0.05) is 11.8 Å². The van der Waals surface area contributed by atoms with Gasteiger partial charge < -0.3 is 5.11 Å². The molecule has 1 aromatic carbocycles. The van der Waals surface area contributed by atoms with Crippen LogP contribution in [0.3, 0.4) is 0 Å². The van der Waals surface area contributed by atoms with E-state index in [0.717, 1.165) is 0 Å². The van der Waals surface area contributed by atoms with Crippen molar-refractivity contribution in [2.24, 2.45) is 0 Å². The summed E-state index contributed by atoms with van der Waals surface area (Å²) < 4.78 is 0. The standard InChI is InChI=1S/C13H9Cl2NO2/c14-10-5-1-4-9(12(10)15)13-8(7-11(17)18)3-2-6-16-13/h1-6H,7H2,(H,17,18). The molecule has 0 unspecified atom stereocenters. The number of nitrogens with zero attached hydrogens (tertiary/aromatic N) is 1. The molecule has 0 radical (unpaired) electrons. The van der Waals surface area contributed by atoms with Gasteiger partial charge in [-0.25, -0.2) is 0 Å². The van der Waals surface area contributed by atoms with Gasteiger partial charge in [-0.1, -0.05) is 41.4 Å². The summed E-state index contributed by atoms with van der Waals surface area (Å²) in [5.41, 5.74) is 1.79. The molecule has 0 spiro atoms. The molecule has 3 nitrogen and oxygen atoms in total. The van der Waals surface area contributed by atoms with Crippen molar-refractivity contribution in [2.45, 2.75) is 6.42 Å². The summed E-state index contributed by atoms with van der Waals surface area (Å²) in [6.45, 7) is 0. The molecule has 0 fully saturated rings. The Bertz CT molecular complexity index is 599. The number of carbonyl (C=O) groups is 1. The van der Waals surface area contributed by atoms with Gasteiger partial charge in [-0.3, -0.25) is 9.78 Å². The van der Waals surface area contributed by atoms with Crippen molar-refractivity contribution in [1.29, 1.82) is 0 Å². The van der Waals surface area contributed by atoms with Crippen molar-refractivity contribution in [3.05, 3.63) is 52.1 Å². The lowest BCUT2D eigenvalue weighted by Crippen LogP contribution is -2.03. The third-order valence-electron chi connectivity index (χ3n) is 2.44. The van der Waals surface area contributed by atoms with Gasteiger partial charge in [0.1, 0.15) is 0 Å². The van der Waals surface area contributed by atoms with Crippen molar-refractivity contribution in [2.75, 3.05) is 0 Å². The summed E-state index contributed by atoms with van der Waals surface area (Å²) in [5.74, 6) is -0.914. The fourth-order valence-corrected chi connectivity index (χ4v) is 2.06. The number of aromatic nitrogens is 1. The lowest BCUT2D eigenvalue weighted by Gasteiger charge is -2.09. The van der Waals surface area contributed by atoms with E-state index >= 15 is 0 Å². The van der Waals surface area contributed by atoms with Crippen molar-refractivity contribution < 1.29 is 9.90 Å². The maximum Gasteiger partial charge on any atom is 0.307 e. The van der Waals surface area contributed by atoms with Gasteiger partial charge in [-0.05, 0) is 17.7 Å². The molecule has 92 valence electrons. The Balaban J connectivity index is 2.57. The highest BCUT2D eigenvalue weighted by Gasteiger charge is 2.13. The lowest BCUT2D eigenvalue weighted by atomic mass is 10.0. The third-order valence-corrected chi connectivity index (χ3v) is 3.26. The first kappa shape index (κ1) is 12.9. The second-order valence-electron chi connectivity index (χ2n) is 3.68. The first-order chi connectivity index (χ1) is 8.59. The molecule has 0 bridgehead atoms. The summed E-state index contributed by atoms with van der Waals surface area (Å²) in [5, 5.41) is 9.67. The fourth-order valence-electron chi connectivity index (χ4n) is 1.67. The minimum atomic E-state index is -0.914. The third kappa shape index (κ3) is 2.63. The second kappa shape index (κ2) is 5.38. The number of carboxylic acid groups (broad SMARTS) is 1. The first-order valence-electron chi connectivity index (χ1n) is 5.19. The summed E-state index contributed by atoms with van der Waals surface area (Å²) >= 11 is 12.1. The Morgan fingerprint density at radius 3 is 2.72 bits per heavy atom. The maximum absolute atomic E-state index is 10.8. The van der Waals surface area contributed by atoms with Gasteiger partial charge in [0.2, 0.25) is 0 Å². The molecule has 0 aliphatic rings. The normalized spacial score (nSPS) is 10.3. The molecule has 0 aliphatic carbocycles. The van der Waals surface area contributed by atoms with E-state index in [0.29, 0.717) is 26.9 Å². The van der Waals surface area contributed by atoms with Gasteiger partial charge in [0.15, 0.2) is 0 Å². The van der Waals surface area contributed by atoms with Crippen LogP contribution in [0.25, 0.3) is 11.3 Å². The van der Waals surface area contributed by atoms with Gasteiger partial charge in [0.25, 0.3) is 0 Å². The summed E-state index contributed by atoms with van der Waals surface area (Å²) in [4.78, 5) is 15.0. The number of hydrogen-bond donors (Lipinski definition) is 1. The number of rotatable bonds is 3. The van der Waals surface area contributed by atoms with Crippen LogP contribution in [0.5, 0.6) is 0 Å². The molecular weight excluding hydrogens is 273 g/mol. The first-order valence-corrected chi connectivity index (χ1v) is 5.95. The lowest BCUT2D eigenvalue weighted by molar-refractivity contribution is -0.136. The van der Waals surface area contributed by atoms with Crippen LogP contribution >= 0.6 is 23.2 Å². The molecular formula is C13H9Cl2NO2. The van der Waals surface area contributed by atoms with E-state index in [-0.39, 0.29) is 6.42 Å². The summed E-state index contributed by atoms with van der Waals surface area (Å²) in [6.07, 6.45) is 1.49. The number of hydrogen-bond acceptors (Lipinski definition) is 2. The van der Waals surface area contributed by atoms with Crippen molar-refractivity contribution >= 4 is 29.2 Å². The van der Waals surface area contributed by atoms with E-state index in [1.165, 1.54) is 0 Å². The predicted octanol–water partition coefficient (Wildman–Crippen LogP) is 3.68. The monoisotopic (exact) mass is 281 g/mol. The molecule has 2 aromatic rings. The zero-order chi connectivity index (χ0) is 13.1.